The van der Waals surface area contributed by atoms with Gasteiger partial charge in [0.25, 0.3) is 0 Å². The molecule has 0 aliphatic heterocycles. The number of rotatable bonds is 5. The standard InChI is InChI=1S/C13H15ClO4S/c1-4-8(2)7-19(17,18)12-6-10(14)5-11(9(12)3)13(15)16/h5-6H,2,4,7H2,1,3H3,(H,15,16). The maximum Gasteiger partial charge on any atom is 0.336 e. The van der Waals surface area contributed by atoms with E-state index >= 15 is 0 Å². The molecule has 0 saturated heterocycles. The Labute approximate surface area is 117 Å². The smallest absolute Gasteiger partial charge is 0.336 e. The molecule has 1 aromatic carbocycles. The highest BCUT2D eigenvalue weighted by molar-refractivity contribution is 7.91. The van der Waals surface area contributed by atoms with Gasteiger partial charge >= 0.3 is 5.97 Å². The third-order valence-electron chi connectivity index (χ3n) is 2.78. The summed E-state index contributed by atoms with van der Waals surface area (Å²) in [6.07, 6.45) is 0.546. The average Bonchev–Trinajstić information content (AvgIpc) is 2.30. The second kappa shape index (κ2) is 5.75. The van der Waals surface area contributed by atoms with Gasteiger partial charge in [0.15, 0.2) is 9.84 Å². The Balaban J connectivity index is 3.43. The number of carbonyl (C=O) groups is 1. The van der Waals surface area contributed by atoms with Crippen molar-refractivity contribution in [1.29, 1.82) is 0 Å². The van der Waals surface area contributed by atoms with E-state index in [4.69, 9.17) is 16.7 Å². The van der Waals surface area contributed by atoms with Crippen molar-refractivity contribution in [3.63, 3.8) is 0 Å². The minimum Gasteiger partial charge on any atom is -0.478 e. The lowest BCUT2D eigenvalue weighted by atomic mass is 10.1. The van der Waals surface area contributed by atoms with Gasteiger partial charge in [0.2, 0.25) is 0 Å². The van der Waals surface area contributed by atoms with Crippen molar-refractivity contribution in [2.24, 2.45) is 0 Å². The molecule has 1 aromatic rings. The molecule has 6 heteroatoms. The second-order valence-electron chi connectivity index (χ2n) is 4.24. The van der Waals surface area contributed by atoms with Gasteiger partial charge in [-0.05, 0) is 31.0 Å². The maximum absolute atomic E-state index is 12.2. The average molecular weight is 303 g/mol. The first-order valence-corrected chi connectivity index (χ1v) is 7.65. The van der Waals surface area contributed by atoms with Crippen molar-refractivity contribution < 1.29 is 18.3 Å². The molecule has 0 saturated carbocycles. The van der Waals surface area contributed by atoms with Crippen LogP contribution in [0.4, 0.5) is 0 Å². The van der Waals surface area contributed by atoms with Crippen molar-refractivity contribution in [1.82, 2.24) is 0 Å². The lowest BCUT2D eigenvalue weighted by molar-refractivity contribution is 0.0696. The summed E-state index contributed by atoms with van der Waals surface area (Å²) in [6, 6.07) is 2.52. The Morgan fingerprint density at radius 1 is 1.42 bits per heavy atom. The molecule has 0 aliphatic carbocycles. The first-order valence-electron chi connectivity index (χ1n) is 5.62. The van der Waals surface area contributed by atoms with E-state index in [0.717, 1.165) is 0 Å². The van der Waals surface area contributed by atoms with Gasteiger partial charge in [0, 0.05) is 5.02 Å². The van der Waals surface area contributed by atoms with Crippen LogP contribution in [0.5, 0.6) is 0 Å². The first-order chi connectivity index (χ1) is 8.69. The number of halogens is 1. The summed E-state index contributed by atoms with van der Waals surface area (Å²) < 4.78 is 24.5. The number of sulfone groups is 1. The van der Waals surface area contributed by atoms with E-state index < -0.39 is 15.8 Å². The quantitative estimate of drug-likeness (QED) is 0.848. The number of hydrogen-bond donors (Lipinski definition) is 1. The summed E-state index contributed by atoms with van der Waals surface area (Å²) in [5.74, 6) is -1.41. The van der Waals surface area contributed by atoms with Gasteiger partial charge in [-0.2, -0.15) is 0 Å². The number of benzene rings is 1. The highest BCUT2D eigenvalue weighted by Crippen LogP contribution is 2.26. The summed E-state index contributed by atoms with van der Waals surface area (Å²) in [4.78, 5) is 11.0. The zero-order valence-electron chi connectivity index (χ0n) is 10.7. The highest BCUT2D eigenvalue weighted by Gasteiger charge is 2.22. The summed E-state index contributed by atoms with van der Waals surface area (Å²) in [6.45, 7) is 6.94. The zero-order valence-corrected chi connectivity index (χ0v) is 12.3. The van der Waals surface area contributed by atoms with Crippen LogP contribution in [0.2, 0.25) is 5.02 Å². The zero-order chi connectivity index (χ0) is 14.8. The van der Waals surface area contributed by atoms with E-state index in [2.05, 4.69) is 6.58 Å². The van der Waals surface area contributed by atoms with Crippen LogP contribution in [-0.2, 0) is 9.84 Å². The molecule has 0 amide bonds. The summed E-state index contributed by atoms with van der Waals surface area (Å²) >= 11 is 5.79. The van der Waals surface area contributed by atoms with E-state index in [1.54, 1.807) is 0 Å². The number of carboxylic acid groups (broad SMARTS) is 1. The van der Waals surface area contributed by atoms with Gasteiger partial charge in [-0.15, -0.1) is 0 Å². The van der Waals surface area contributed by atoms with Crippen LogP contribution >= 0.6 is 11.6 Å². The van der Waals surface area contributed by atoms with Crippen molar-refractivity contribution in [3.8, 4) is 0 Å². The van der Waals surface area contributed by atoms with Crippen LogP contribution < -0.4 is 0 Å². The fourth-order valence-electron chi connectivity index (χ4n) is 1.65. The molecule has 0 aromatic heterocycles. The van der Waals surface area contributed by atoms with E-state index in [0.29, 0.717) is 12.0 Å². The third-order valence-corrected chi connectivity index (χ3v) is 4.89. The molecule has 0 bridgehead atoms. The molecule has 0 spiro atoms. The molecule has 0 aliphatic rings. The molecule has 0 atom stereocenters. The molecule has 1 N–H and O–H groups in total. The molecular weight excluding hydrogens is 288 g/mol. The molecular formula is C13H15ClO4S. The van der Waals surface area contributed by atoms with E-state index in [-0.39, 0.29) is 26.8 Å². The molecule has 1 rings (SSSR count). The Kier molecular flexibility index (Phi) is 4.76. The lowest BCUT2D eigenvalue weighted by Crippen LogP contribution is -2.12. The molecule has 104 valence electrons. The second-order valence-corrected chi connectivity index (χ2v) is 6.64. The minimum absolute atomic E-state index is 0.0491. The Bertz CT molecular complexity index is 632. The van der Waals surface area contributed by atoms with Crippen LogP contribution in [-0.4, -0.2) is 25.2 Å². The van der Waals surface area contributed by atoms with E-state index in [1.165, 1.54) is 19.1 Å². The topological polar surface area (TPSA) is 71.4 Å². The maximum atomic E-state index is 12.2. The SMILES string of the molecule is C=C(CC)CS(=O)(=O)c1cc(Cl)cc(C(=O)O)c1C. The number of carboxylic acids is 1. The van der Waals surface area contributed by atoms with Crippen LogP contribution in [0.15, 0.2) is 29.2 Å². The van der Waals surface area contributed by atoms with Crippen molar-refractivity contribution >= 4 is 27.4 Å². The Hall–Kier alpha value is -1.33. The molecule has 0 unspecified atom stereocenters. The normalized spacial score (nSPS) is 11.3. The molecule has 0 heterocycles. The predicted molar refractivity (Wildman–Crippen MR) is 74.6 cm³/mol. The van der Waals surface area contributed by atoms with Crippen LogP contribution in [0.3, 0.4) is 0 Å². The van der Waals surface area contributed by atoms with Crippen molar-refractivity contribution in [3.05, 3.63) is 40.4 Å². The molecule has 0 fully saturated rings. The predicted octanol–water partition coefficient (Wildman–Crippen LogP) is 3.09. The van der Waals surface area contributed by atoms with Crippen molar-refractivity contribution in [2.75, 3.05) is 5.75 Å². The lowest BCUT2D eigenvalue weighted by Gasteiger charge is -2.11. The highest BCUT2D eigenvalue weighted by atomic mass is 35.5. The van der Waals surface area contributed by atoms with E-state index in [1.807, 2.05) is 6.92 Å². The minimum atomic E-state index is -3.63. The Morgan fingerprint density at radius 2 is 2.00 bits per heavy atom. The fourth-order valence-corrected chi connectivity index (χ4v) is 3.71. The third kappa shape index (κ3) is 3.58. The summed E-state index contributed by atoms with van der Waals surface area (Å²) in [5.41, 5.74) is 0.658. The monoisotopic (exact) mass is 302 g/mol. The van der Waals surface area contributed by atoms with Crippen LogP contribution in [0.25, 0.3) is 0 Å². The van der Waals surface area contributed by atoms with Gasteiger partial charge in [0.1, 0.15) is 0 Å². The summed E-state index contributed by atoms with van der Waals surface area (Å²) in [7, 11) is -3.63. The largest absolute Gasteiger partial charge is 0.478 e. The van der Waals surface area contributed by atoms with E-state index in [9.17, 15) is 13.2 Å². The first kappa shape index (κ1) is 15.7. The van der Waals surface area contributed by atoms with Crippen LogP contribution in [0, 0.1) is 6.92 Å². The number of hydrogen-bond acceptors (Lipinski definition) is 3. The van der Waals surface area contributed by atoms with Gasteiger partial charge in [-0.1, -0.05) is 30.7 Å². The van der Waals surface area contributed by atoms with Gasteiger partial charge in [-0.25, -0.2) is 13.2 Å². The van der Waals surface area contributed by atoms with Gasteiger partial charge in [-0.3, -0.25) is 0 Å². The van der Waals surface area contributed by atoms with Crippen molar-refractivity contribution in [2.45, 2.75) is 25.2 Å². The Morgan fingerprint density at radius 3 is 2.47 bits per heavy atom. The summed E-state index contributed by atoms with van der Waals surface area (Å²) in [5, 5.41) is 9.12. The molecule has 19 heavy (non-hydrogen) atoms. The van der Waals surface area contributed by atoms with Gasteiger partial charge in [0.05, 0.1) is 16.2 Å². The fraction of sp³-hybridized carbons (Fsp3) is 0.308. The molecule has 0 radical (unpaired) electrons. The molecule has 4 nitrogen and oxygen atoms in total. The van der Waals surface area contributed by atoms with Crippen LogP contribution in [0.1, 0.15) is 29.3 Å². The number of aromatic carboxylic acids is 1. The van der Waals surface area contributed by atoms with Gasteiger partial charge < -0.3 is 5.11 Å².